The standard InChI is InChI=1S/C18H16N4O3.C17H23BrN2O3.C2H2/c1-10-8-13-9-14(6-7-15(13)25-10)21-18(20)22-17(24)12-4-2-11(3-5-12)16(19)23;1-23-15-7-6-13(11-14(15)18)8-9-19-16(21)12-20-10-4-2-3-5-17(20)22;1-2/h2-9H,1H3,(H2,19,23)(H3,20,21,22,24);6-7,11H,2-5,8-10,12H2,1H3,(H,19,21);1-2H. The van der Waals surface area contributed by atoms with Crippen LogP contribution in [0, 0.1) is 19.8 Å². The summed E-state index contributed by atoms with van der Waals surface area (Å²) < 4.78 is 11.6. The Morgan fingerprint density at radius 1 is 0.980 bits per heavy atom. The highest BCUT2D eigenvalue weighted by Crippen LogP contribution is 2.26. The number of benzene rings is 3. The monoisotopic (exact) mass is 744 g/mol. The van der Waals surface area contributed by atoms with E-state index in [4.69, 9.17) is 20.6 Å². The van der Waals surface area contributed by atoms with Crippen molar-refractivity contribution in [2.24, 2.45) is 16.5 Å². The summed E-state index contributed by atoms with van der Waals surface area (Å²) in [6.07, 6.45) is 12.3. The van der Waals surface area contributed by atoms with E-state index in [1.54, 1.807) is 24.1 Å². The topological polar surface area (TPSA) is 182 Å². The first-order chi connectivity index (χ1) is 24.0. The Bertz CT molecular complexity index is 1850. The number of terminal acetylenes is 1. The number of nitrogens with zero attached hydrogens (tertiary/aromatic N) is 2. The molecule has 1 aliphatic heterocycles. The number of guanidine groups is 1. The van der Waals surface area contributed by atoms with E-state index in [1.807, 2.05) is 37.3 Å². The number of hydrogen-bond acceptors (Lipinski definition) is 7. The summed E-state index contributed by atoms with van der Waals surface area (Å²) in [5.74, 6) is 0.567. The molecular weight excluding hydrogens is 704 g/mol. The van der Waals surface area contributed by atoms with Gasteiger partial charge in [-0.3, -0.25) is 24.5 Å². The third kappa shape index (κ3) is 11.8. The number of likely N-dealkylation sites (tertiary alicyclic amines) is 1. The summed E-state index contributed by atoms with van der Waals surface area (Å²) in [5.41, 5.74) is 14.1. The Morgan fingerprint density at radius 3 is 2.38 bits per heavy atom. The number of furan rings is 1. The maximum absolute atomic E-state index is 12.1. The number of rotatable bonds is 9. The van der Waals surface area contributed by atoms with E-state index < -0.39 is 11.8 Å². The average Bonchev–Trinajstić information content (AvgIpc) is 3.35. The molecule has 4 aromatic rings. The lowest BCUT2D eigenvalue weighted by molar-refractivity contribution is -0.135. The maximum atomic E-state index is 12.1. The second-order valence-electron chi connectivity index (χ2n) is 11.2. The van der Waals surface area contributed by atoms with Crippen LogP contribution in [0.1, 0.15) is 57.7 Å². The van der Waals surface area contributed by atoms with Crippen molar-refractivity contribution in [3.63, 3.8) is 0 Å². The minimum atomic E-state index is -0.557. The zero-order valence-corrected chi connectivity index (χ0v) is 29.6. The summed E-state index contributed by atoms with van der Waals surface area (Å²) in [4.78, 5) is 52.9. The first-order valence-corrected chi connectivity index (χ1v) is 16.6. The van der Waals surface area contributed by atoms with E-state index in [9.17, 15) is 19.2 Å². The molecule has 13 heteroatoms. The van der Waals surface area contributed by atoms with Gasteiger partial charge in [0.1, 0.15) is 17.1 Å². The zero-order valence-electron chi connectivity index (χ0n) is 28.0. The van der Waals surface area contributed by atoms with Crippen LogP contribution in [0.3, 0.4) is 0 Å². The van der Waals surface area contributed by atoms with Crippen molar-refractivity contribution in [2.45, 2.75) is 39.0 Å². The molecule has 3 aromatic carbocycles. The lowest BCUT2D eigenvalue weighted by Gasteiger charge is -2.19. The Labute approximate surface area is 299 Å². The number of nitrogens with two attached hydrogens (primary N) is 2. The highest BCUT2D eigenvalue weighted by molar-refractivity contribution is 9.10. The molecular formula is C37H41BrN6O6. The third-order valence-corrected chi connectivity index (χ3v) is 8.12. The van der Waals surface area contributed by atoms with E-state index in [2.05, 4.69) is 44.4 Å². The molecule has 50 heavy (non-hydrogen) atoms. The van der Waals surface area contributed by atoms with E-state index in [1.165, 1.54) is 24.3 Å². The maximum Gasteiger partial charge on any atom is 0.257 e. The number of aliphatic imine (C=N–C) groups is 1. The van der Waals surface area contributed by atoms with Gasteiger partial charge in [-0.15, -0.1) is 12.8 Å². The van der Waals surface area contributed by atoms with Crippen molar-refractivity contribution in [3.8, 4) is 18.6 Å². The van der Waals surface area contributed by atoms with Crippen LogP contribution < -0.4 is 26.8 Å². The fourth-order valence-corrected chi connectivity index (χ4v) is 5.61. The Morgan fingerprint density at radius 2 is 1.70 bits per heavy atom. The summed E-state index contributed by atoms with van der Waals surface area (Å²) in [6.45, 7) is 3.28. The molecule has 1 aliphatic rings. The number of methoxy groups -OCH3 is 1. The van der Waals surface area contributed by atoms with Crippen LogP contribution in [0.25, 0.3) is 11.0 Å². The number of ether oxygens (including phenoxy) is 1. The molecule has 0 spiro atoms. The van der Waals surface area contributed by atoms with E-state index >= 15 is 0 Å². The summed E-state index contributed by atoms with van der Waals surface area (Å²) in [7, 11) is 1.63. The smallest absolute Gasteiger partial charge is 0.257 e. The van der Waals surface area contributed by atoms with Gasteiger partial charge in [-0.25, -0.2) is 4.99 Å². The molecule has 6 N–H and O–H groups in total. The fourth-order valence-electron chi connectivity index (χ4n) is 5.02. The Kier molecular flexibility index (Phi) is 15.1. The normalized spacial score (nSPS) is 12.8. The highest BCUT2D eigenvalue weighted by atomic mass is 79.9. The molecule has 5 rings (SSSR count). The van der Waals surface area contributed by atoms with Crippen LogP contribution in [-0.2, 0) is 16.0 Å². The first-order valence-electron chi connectivity index (χ1n) is 15.8. The molecule has 1 saturated heterocycles. The second kappa shape index (κ2) is 19.4. The number of hydrogen-bond donors (Lipinski definition) is 4. The number of primary amides is 1. The van der Waals surface area contributed by atoms with Crippen molar-refractivity contribution in [1.82, 2.24) is 15.5 Å². The Balaban J connectivity index is 0.000000259. The molecule has 1 aromatic heterocycles. The van der Waals surface area contributed by atoms with Crippen LogP contribution in [0.4, 0.5) is 5.69 Å². The van der Waals surface area contributed by atoms with Gasteiger partial charge in [0.15, 0.2) is 0 Å². The summed E-state index contributed by atoms with van der Waals surface area (Å²) in [6, 6.07) is 19.0. The van der Waals surface area contributed by atoms with E-state index in [0.717, 1.165) is 58.2 Å². The van der Waals surface area contributed by atoms with Crippen molar-refractivity contribution >= 4 is 62.2 Å². The molecule has 0 aliphatic carbocycles. The van der Waals surface area contributed by atoms with Gasteiger partial charge in [-0.1, -0.05) is 12.5 Å². The van der Waals surface area contributed by atoms with Crippen LogP contribution in [0.15, 0.2) is 80.6 Å². The highest BCUT2D eigenvalue weighted by Gasteiger charge is 2.19. The molecule has 0 saturated carbocycles. The molecule has 0 radical (unpaired) electrons. The van der Waals surface area contributed by atoms with Gasteiger partial charge < -0.3 is 30.8 Å². The summed E-state index contributed by atoms with van der Waals surface area (Å²) in [5, 5.41) is 6.29. The molecule has 262 valence electrons. The van der Waals surface area contributed by atoms with E-state index in [-0.39, 0.29) is 24.3 Å². The quantitative estimate of drug-likeness (QED) is 0.106. The molecule has 0 bridgehead atoms. The van der Waals surface area contributed by atoms with Gasteiger partial charge in [-0.2, -0.15) is 0 Å². The predicted octanol–water partition coefficient (Wildman–Crippen LogP) is 4.98. The van der Waals surface area contributed by atoms with Crippen molar-refractivity contribution in [1.29, 1.82) is 0 Å². The minimum absolute atomic E-state index is 0.0384. The number of halogens is 1. The predicted molar refractivity (Wildman–Crippen MR) is 197 cm³/mol. The Hall–Kier alpha value is -5.61. The molecule has 0 unspecified atom stereocenters. The molecule has 12 nitrogen and oxygen atoms in total. The minimum Gasteiger partial charge on any atom is -0.496 e. The second-order valence-corrected chi connectivity index (χ2v) is 12.0. The molecule has 4 amide bonds. The number of carbonyl (C=O) groups excluding carboxylic acids is 4. The van der Waals surface area contributed by atoms with E-state index in [0.29, 0.717) is 36.3 Å². The first kappa shape index (κ1) is 38.8. The van der Waals surface area contributed by atoms with Gasteiger partial charge in [0, 0.05) is 36.0 Å². The lowest BCUT2D eigenvalue weighted by Crippen LogP contribution is -2.41. The van der Waals surface area contributed by atoms with Crippen LogP contribution in [-0.4, -0.2) is 61.2 Å². The number of carbonyl (C=O) groups is 4. The van der Waals surface area contributed by atoms with Gasteiger partial charge in [-0.05, 0) is 108 Å². The average molecular weight is 746 g/mol. The SMILES string of the molecule is C#C.COc1ccc(CCNC(=O)CN2CCCCCC2=O)cc1Br.Cc1cc2cc(N=C(N)NC(=O)c3ccc(C(N)=O)cc3)ccc2o1. The molecule has 1 fully saturated rings. The summed E-state index contributed by atoms with van der Waals surface area (Å²) >= 11 is 3.45. The number of aryl methyl sites for hydroxylation is 1. The molecule has 0 atom stereocenters. The number of fused-ring (bicyclic) bond motifs is 1. The molecule has 2 heterocycles. The number of nitrogens with one attached hydrogen (secondary N) is 2. The van der Waals surface area contributed by atoms with Crippen molar-refractivity contribution < 1.29 is 28.3 Å². The van der Waals surface area contributed by atoms with Gasteiger partial charge in [0.25, 0.3) is 5.91 Å². The zero-order chi connectivity index (χ0) is 36.6. The number of amides is 4. The largest absolute Gasteiger partial charge is 0.496 e. The third-order valence-electron chi connectivity index (χ3n) is 7.50. The van der Waals surface area contributed by atoms with Crippen LogP contribution >= 0.6 is 15.9 Å². The van der Waals surface area contributed by atoms with Crippen LogP contribution in [0.5, 0.6) is 5.75 Å². The van der Waals surface area contributed by atoms with Crippen molar-refractivity contribution in [2.75, 3.05) is 26.7 Å². The van der Waals surface area contributed by atoms with Gasteiger partial charge in [0.2, 0.25) is 23.7 Å². The lowest BCUT2D eigenvalue weighted by atomic mass is 10.1. The van der Waals surface area contributed by atoms with Crippen molar-refractivity contribution in [3.05, 3.63) is 93.7 Å². The van der Waals surface area contributed by atoms with Gasteiger partial charge >= 0.3 is 0 Å². The van der Waals surface area contributed by atoms with Crippen LogP contribution in [0.2, 0.25) is 0 Å². The van der Waals surface area contributed by atoms with Gasteiger partial charge in [0.05, 0.1) is 23.8 Å². The fraction of sp³-hybridized carbons (Fsp3) is 0.270.